The minimum Gasteiger partial charge on any atom is -0.478 e. The monoisotopic (exact) mass is 400 g/mol. The summed E-state index contributed by atoms with van der Waals surface area (Å²) in [5.41, 5.74) is 3.96. The van der Waals surface area contributed by atoms with E-state index < -0.39 is 23.9 Å². The number of ether oxygens (including phenoxy) is 1. The molecule has 2 aromatic rings. The zero-order valence-electron chi connectivity index (χ0n) is 14.9. The number of carboxylic acid groups (broad SMARTS) is 1. The third-order valence-electron chi connectivity index (χ3n) is 4.47. The third-order valence-corrected chi connectivity index (χ3v) is 5.01. The number of esters is 1. The van der Waals surface area contributed by atoms with Gasteiger partial charge in [0.1, 0.15) is 12.6 Å². The molecule has 1 aliphatic rings. The number of carbonyl (C=O) groups excluding carboxylic acids is 2. The van der Waals surface area contributed by atoms with Crippen LogP contribution in [0.4, 0.5) is 0 Å². The van der Waals surface area contributed by atoms with Crippen molar-refractivity contribution in [2.24, 2.45) is 0 Å². The van der Waals surface area contributed by atoms with Crippen molar-refractivity contribution in [2.75, 3.05) is 6.54 Å². The van der Waals surface area contributed by atoms with E-state index in [2.05, 4.69) is 18.1 Å². The summed E-state index contributed by atoms with van der Waals surface area (Å²) in [7, 11) is 0. The summed E-state index contributed by atoms with van der Waals surface area (Å²) in [6, 6.07) is 14.2. The lowest BCUT2D eigenvalue weighted by Gasteiger charge is -2.25. The van der Waals surface area contributed by atoms with Gasteiger partial charge < -0.3 is 9.84 Å². The van der Waals surface area contributed by atoms with Gasteiger partial charge in [-0.1, -0.05) is 30.3 Å². The van der Waals surface area contributed by atoms with Gasteiger partial charge in [-0.25, -0.2) is 9.80 Å². The molecule has 0 aromatic heterocycles. The van der Waals surface area contributed by atoms with E-state index in [0.29, 0.717) is 18.5 Å². The van der Waals surface area contributed by atoms with Gasteiger partial charge in [-0.3, -0.25) is 15.0 Å². The Labute approximate surface area is 167 Å². The Hall–Kier alpha value is -2.84. The minimum absolute atomic E-state index is 0.0931. The topological polar surface area (TPSA) is 95.9 Å². The fourth-order valence-electron chi connectivity index (χ4n) is 2.96. The molecule has 0 aliphatic carbocycles. The Morgan fingerprint density at radius 2 is 1.71 bits per heavy atom. The predicted molar refractivity (Wildman–Crippen MR) is 105 cm³/mol. The molecule has 1 amide bonds. The van der Waals surface area contributed by atoms with E-state index in [-0.39, 0.29) is 17.4 Å². The van der Waals surface area contributed by atoms with Crippen LogP contribution in [0.3, 0.4) is 0 Å². The summed E-state index contributed by atoms with van der Waals surface area (Å²) in [4.78, 5) is 35.9. The number of hydrogen-bond acceptors (Lipinski definition) is 6. The van der Waals surface area contributed by atoms with E-state index in [9.17, 15) is 14.4 Å². The summed E-state index contributed by atoms with van der Waals surface area (Å²) in [5.74, 6) is -1.95. The van der Waals surface area contributed by atoms with Gasteiger partial charge in [-0.15, -0.1) is 0 Å². The standard InChI is InChI=1S/C20H20N2O5S/c23-18(14-6-8-15(9-7-14)19(24)25)21-22-11-10-16(28)17(22)20(26)27-12-13-4-2-1-3-5-13/h1-9,16-17,28H,10-12H2,(H,21,23)(H,24,25)/t16-,17+/m0/s1. The van der Waals surface area contributed by atoms with Crippen LogP contribution in [-0.2, 0) is 16.1 Å². The first-order valence-corrected chi connectivity index (χ1v) is 9.27. The highest BCUT2D eigenvalue weighted by Crippen LogP contribution is 2.23. The molecule has 8 heteroatoms. The second kappa shape index (κ2) is 8.90. The lowest BCUT2D eigenvalue weighted by molar-refractivity contribution is -0.150. The first-order valence-electron chi connectivity index (χ1n) is 8.75. The molecule has 2 aromatic carbocycles. The first kappa shape index (κ1) is 19.9. The average Bonchev–Trinajstić information content (AvgIpc) is 3.07. The number of hydrazine groups is 1. The van der Waals surface area contributed by atoms with Gasteiger partial charge in [0.25, 0.3) is 5.91 Å². The highest BCUT2D eigenvalue weighted by atomic mass is 32.1. The summed E-state index contributed by atoms with van der Waals surface area (Å²) in [6.07, 6.45) is 0.618. The predicted octanol–water partition coefficient (Wildman–Crippen LogP) is 2.15. The number of rotatable bonds is 6. The summed E-state index contributed by atoms with van der Waals surface area (Å²) in [6.45, 7) is 0.604. The minimum atomic E-state index is -1.06. The molecule has 0 spiro atoms. The van der Waals surface area contributed by atoms with E-state index in [4.69, 9.17) is 9.84 Å². The number of aromatic carboxylic acids is 1. The van der Waals surface area contributed by atoms with Crippen molar-refractivity contribution in [3.05, 3.63) is 71.3 Å². The first-order chi connectivity index (χ1) is 13.5. The normalized spacial score (nSPS) is 19.2. The lowest BCUT2D eigenvalue weighted by atomic mass is 10.1. The van der Waals surface area contributed by atoms with E-state index in [1.165, 1.54) is 29.3 Å². The van der Waals surface area contributed by atoms with Gasteiger partial charge in [0, 0.05) is 17.4 Å². The Bertz CT molecular complexity index is 857. The number of carboxylic acids is 1. The van der Waals surface area contributed by atoms with Crippen molar-refractivity contribution in [1.82, 2.24) is 10.4 Å². The molecule has 0 bridgehead atoms. The van der Waals surface area contributed by atoms with Crippen LogP contribution in [0.1, 0.15) is 32.7 Å². The quantitative estimate of drug-likeness (QED) is 0.508. The maximum absolute atomic E-state index is 12.5. The molecule has 0 radical (unpaired) electrons. The number of benzene rings is 2. The Kier molecular flexibility index (Phi) is 6.33. The molecule has 1 aliphatic heterocycles. The van der Waals surface area contributed by atoms with Crippen LogP contribution in [0.2, 0.25) is 0 Å². The van der Waals surface area contributed by atoms with Crippen LogP contribution in [0, 0.1) is 0 Å². The highest BCUT2D eigenvalue weighted by Gasteiger charge is 2.39. The Morgan fingerprint density at radius 3 is 2.36 bits per heavy atom. The fraction of sp³-hybridized carbons (Fsp3) is 0.250. The summed E-state index contributed by atoms with van der Waals surface area (Å²) < 4.78 is 5.40. The third kappa shape index (κ3) is 4.71. The van der Waals surface area contributed by atoms with Gasteiger partial charge in [0.15, 0.2) is 0 Å². The van der Waals surface area contributed by atoms with Crippen molar-refractivity contribution in [3.8, 4) is 0 Å². The molecule has 0 saturated carbocycles. The fourth-order valence-corrected chi connectivity index (χ4v) is 3.36. The van der Waals surface area contributed by atoms with Gasteiger partial charge >= 0.3 is 11.9 Å². The Balaban J connectivity index is 1.62. The number of hydrogen-bond donors (Lipinski definition) is 3. The molecule has 2 N–H and O–H groups in total. The second-order valence-electron chi connectivity index (χ2n) is 6.41. The van der Waals surface area contributed by atoms with Gasteiger partial charge in [-0.2, -0.15) is 12.6 Å². The molecule has 0 unspecified atom stereocenters. The van der Waals surface area contributed by atoms with Crippen LogP contribution >= 0.6 is 12.6 Å². The van der Waals surface area contributed by atoms with Crippen LogP contribution < -0.4 is 5.43 Å². The maximum atomic E-state index is 12.5. The molecule has 1 saturated heterocycles. The molecular weight excluding hydrogens is 380 g/mol. The number of carbonyl (C=O) groups is 3. The summed E-state index contributed by atoms with van der Waals surface area (Å²) >= 11 is 4.45. The molecule has 7 nitrogen and oxygen atoms in total. The molecule has 2 atom stereocenters. The number of nitrogens with zero attached hydrogens (tertiary/aromatic N) is 1. The van der Waals surface area contributed by atoms with Gasteiger partial charge in [0.05, 0.1) is 5.56 Å². The van der Waals surface area contributed by atoms with Crippen molar-refractivity contribution in [1.29, 1.82) is 0 Å². The average molecular weight is 400 g/mol. The summed E-state index contributed by atoms with van der Waals surface area (Å²) in [5, 5.41) is 10.2. The smallest absolute Gasteiger partial charge is 0.335 e. The SMILES string of the molecule is O=C(O)c1ccc(C(=O)NN2CC[C@H](S)[C@@H]2C(=O)OCc2ccccc2)cc1. The molecule has 1 fully saturated rings. The van der Waals surface area contributed by atoms with Crippen molar-refractivity contribution in [3.63, 3.8) is 0 Å². The molecule has 1 heterocycles. The lowest BCUT2D eigenvalue weighted by Crippen LogP contribution is -2.50. The van der Waals surface area contributed by atoms with Crippen LogP contribution in [0.25, 0.3) is 0 Å². The maximum Gasteiger partial charge on any atom is 0.335 e. The highest BCUT2D eigenvalue weighted by molar-refractivity contribution is 7.81. The van der Waals surface area contributed by atoms with E-state index in [1.54, 1.807) is 0 Å². The molecule has 3 rings (SSSR count). The van der Waals surface area contributed by atoms with Crippen molar-refractivity contribution >= 4 is 30.5 Å². The molecular formula is C20H20N2O5S. The van der Waals surface area contributed by atoms with Crippen LogP contribution in [0.5, 0.6) is 0 Å². The van der Waals surface area contributed by atoms with Crippen molar-refractivity contribution < 1.29 is 24.2 Å². The second-order valence-corrected chi connectivity index (χ2v) is 7.07. The largest absolute Gasteiger partial charge is 0.478 e. The Morgan fingerprint density at radius 1 is 1.07 bits per heavy atom. The van der Waals surface area contributed by atoms with Crippen LogP contribution in [-0.4, -0.2) is 45.8 Å². The number of amides is 1. The van der Waals surface area contributed by atoms with Gasteiger partial charge in [-0.05, 0) is 36.2 Å². The molecule has 28 heavy (non-hydrogen) atoms. The zero-order chi connectivity index (χ0) is 20.1. The molecule has 146 valence electrons. The number of thiol groups is 1. The van der Waals surface area contributed by atoms with E-state index in [1.807, 2.05) is 30.3 Å². The number of nitrogens with one attached hydrogen (secondary N) is 1. The van der Waals surface area contributed by atoms with Gasteiger partial charge in [0.2, 0.25) is 0 Å². The van der Waals surface area contributed by atoms with Crippen molar-refractivity contribution in [2.45, 2.75) is 24.3 Å². The van der Waals surface area contributed by atoms with E-state index in [0.717, 1.165) is 5.56 Å². The van der Waals surface area contributed by atoms with E-state index >= 15 is 0 Å². The van der Waals surface area contributed by atoms with Crippen LogP contribution in [0.15, 0.2) is 54.6 Å². The zero-order valence-corrected chi connectivity index (χ0v) is 15.8.